The fourth-order valence-corrected chi connectivity index (χ4v) is 3.73. The number of carbonyl (C=O) groups excluding carboxylic acids is 1. The van der Waals surface area contributed by atoms with Gasteiger partial charge in [0.05, 0.1) is 13.2 Å². The second-order valence-corrected chi connectivity index (χ2v) is 7.07. The summed E-state index contributed by atoms with van der Waals surface area (Å²) in [5.41, 5.74) is 4.05. The standard InChI is InChI=1S/C21H21ClN4O2.ClH/c1-28-14-6-4-5-13(11-14)19(15-7-2-3-8-17(15)22)24-21(27)20-16-12-23-10-9-18(16)25-26-20;/h2-8,11,19,23H,9-10,12H2,1H3,(H,24,27)(H,25,26);1H. The van der Waals surface area contributed by atoms with Gasteiger partial charge in [-0.3, -0.25) is 9.89 Å². The summed E-state index contributed by atoms with van der Waals surface area (Å²) in [6, 6.07) is 14.7. The van der Waals surface area contributed by atoms with Crippen LogP contribution in [0.25, 0.3) is 0 Å². The zero-order valence-corrected chi connectivity index (χ0v) is 17.4. The van der Waals surface area contributed by atoms with E-state index in [1.54, 1.807) is 7.11 Å². The van der Waals surface area contributed by atoms with Crippen molar-refractivity contribution in [3.63, 3.8) is 0 Å². The molecule has 0 radical (unpaired) electrons. The number of ether oxygens (including phenoxy) is 1. The number of nitrogens with zero attached hydrogens (tertiary/aromatic N) is 1. The smallest absolute Gasteiger partial charge is 0.272 e. The van der Waals surface area contributed by atoms with Crippen LogP contribution in [0.2, 0.25) is 5.02 Å². The Labute approximate surface area is 180 Å². The van der Waals surface area contributed by atoms with Crippen molar-refractivity contribution in [2.45, 2.75) is 19.0 Å². The van der Waals surface area contributed by atoms with Crippen LogP contribution in [0, 0.1) is 0 Å². The topological polar surface area (TPSA) is 79.0 Å². The third-order valence-electron chi connectivity index (χ3n) is 4.94. The summed E-state index contributed by atoms with van der Waals surface area (Å²) in [5.74, 6) is 0.471. The van der Waals surface area contributed by atoms with E-state index in [1.165, 1.54) is 0 Å². The quantitative estimate of drug-likeness (QED) is 0.574. The van der Waals surface area contributed by atoms with Crippen LogP contribution in [0.3, 0.4) is 0 Å². The third kappa shape index (κ3) is 4.40. The lowest BCUT2D eigenvalue weighted by molar-refractivity contribution is 0.0936. The molecule has 3 N–H and O–H groups in total. The fourth-order valence-electron chi connectivity index (χ4n) is 3.48. The van der Waals surface area contributed by atoms with Gasteiger partial charge in [-0.1, -0.05) is 41.9 Å². The van der Waals surface area contributed by atoms with Gasteiger partial charge in [0.1, 0.15) is 5.75 Å². The summed E-state index contributed by atoms with van der Waals surface area (Å²) < 4.78 is 5.35. The lowest BCUT2D eigenvalue weighted by Crippen LogP contribution is -2.32. The average molecular weight is 433 g/mol. The number of benzene rings is 2. The van der Waals surface area contributed by atoms with E-state index in [0.29, 0.717) is 23.0 Å². The molecular formula is C21H22Cl2N4O2. The van der Waals surface area contributed by atoms with Crippen LogP contribution in [0.15, 0.2) is 48.5 Å². The average Bonchev–Trinajstić information content (AvgIpc) is 3.17. The molecule has 0 saturated heterocycles. The summed E-state index contributed by atoms with van der Waals surface area (Å²) in [4.78, 5) is 13.1. The molecule has 0 bridgehead atoms. The zero-order chi connectivity index (χ0) is 19.5. The van der Waals surface area contributed by atoms with Crippen molar-refractivity contribution in [2.75, 3.05) is 13.7 Å². The first-order valence-corrected chi connectivity index (χ1v) is 9.51. The number of carbonyl (C=O) groups is 1. The molecule has 3 aromatic rings. The molecule has 1 aromatic heterocycles. The first kappa shape index (κ1) is 21.2. The third-order valence-corrected chi connectivity index (χ3v) is 5.28. The van der Waals surface area contributed by atoms with Gasteiger partial charge in [-0.25, -0.2) is 0 Å². The first-order valence-electron chi connectivity index (χ1n) is 9.13. The number of amides is 1. The maximum atomic E-state index is 13.1. The predicted molar refractivity (Wildman–Crippen MR) is 115 cm³/mol. The predicted octanol–water partition coefficient (Wildman–Crippen LogP) is 3.66. The maximum absolute atomic E-state index is 13.1. The molecule has 1 atom stereocenters. The molecule has 8 heteroatoms. The van der Waals surface area contributed by atoms with Crippen molar-refractivity contribution in [2.24, 2.45) is 0 Å². The number of methoxy groups -OCH3 is 1. The molecule has 4 rings (SSSR count). The van der Waals surface area contributed by atoms with Crippen molar-refractivity contribution in [1.82, 2.24) is 20.8 Å². The Hall–Kier alpha value is -2.54. The largest absolute Gasteiger partial charge is 0.497 e. The number of hydrogen-bond donors (Lipinski definition) is 3. The Morgan fingerprint density at radius 2 is 2.07 bits per heavy atom. The molecule has 1 amide bonds. The minimum atomic E-state index is -0.430. The maximum Gasteiger partial charge on any atom is 0.272 e. The van der Waals surface area contributed by atoms with Crippen molar-refractivity contribution < 1.29 is 9.53 Å². The lowest BCUT2D eigenvalue weighted by Gasteiger charge is -2.21. The number of halogens is 2. The number of H-pyrrole nitrogens is 1. The highest BCUT2D eigenvalue weighted by molar-refractivity contribution is 6.31. The van der Waals surface area contributed by atoms with Gasteiger partial charge in [-0.05, 0) is 29.3 Å². The van der Waals surface area contributed by atoms with Crippen LogP contribution >= 0.6 is 24.0 Å². The van der Waals surface area contributed by atoms with E-state index in [4.69, 9.17) is 16.3 Å². The lowest BCUT2D eigenvalue weighted by atomic mass is 9.97. The number of hydrogen-bond acceptors (Lipinski definition) is 4. The van der Waals surface area contributed by atoms with Crippen LogP contribution in [-0.2, 0) is 13.0 Å². The van der Waals surface area contributed by atoms with E-state index in [0.717, 1.165) is 35.3 Å². The van der Waals surface area contributed by atoms with Crippen molar-refractivity contribution >= 4 is 29.9 Å². The summed E-state index contributed by atoms with van der Waals surface area (Å²) >= 11 is 6.45. The van der Waals surface area contributed by atoms with Crippen LogP contribution in [0.1, 0.15) is 38.9 Å². The highest BCUT2D eigenvalue weighted by Crippen LogP contribution is 2.30. The number of rotatable bonds is 5. The molecule has 6 nitrogen and oxygen atoms in total. The Morgan fingerprint density at radius 1 is 1.24 bits per heavy atom. The zero-order valence-electron chi connectivity index (χ0n) is 15.9. The molecule has 29 heavy (non-hydrogen) atoms. The SMILES string of the molecule is COc1cccc(C(NC(=O)c2n[nH]c3c2CNCC3)c2ccccc2Cl)c1.Cl. The van der Waals surface area contributed by atoms with Gasteiger partial charge in [0.15, 0.2) is 5.69 Å². The van der Waals surface area contributed by atoms with E-state index in [1.807, 2.05) is 48.5 Å². The number of aromatic amines is 1. The molecule has 152 valence electrons. The molecule has 0 spiro atoms. The van der Waals surface area contributed by atoms with Gasteiger partial charge < -0.3 is 15.4 Å². The Morgan fingerprint density at radius 3 is 2.86 bits per heavy atom. The normalized spacial score (nSPS) is 13.7. The van der Waals surface area contributed by atoms with E-state index < -0.39 is 6.04 Å². The van der Waals surface area contributed by atoms with E-state index in [-0.39, 0.29) is 18.3 Å². The Bertz CT molecular complexity index is 1010. The minimum Gasteiger partial charge on any atom is -0.497 e. The highest BCUT2D eigenvalue weighted by Gasteiger charge is 2.26. The Kier molecular flexibility index (Phi) is 6.79. The van der Waals surface area contributed by atoms with E-state index in [9.17, 15) is 4.79 Å². The fraction of sp³-hybridized carbons (Fsp3) is 0.238. The molecule has 2 heterocycles. The summed E-state index contributed by atoms with van der Waals surface area (Å²) in [5, 5.41) is 14.2. The molecular weight excluding hydrogens is 411 g/mol. The van der Waals surface area contributed by atoms with Crippen LogP contribution < -0.4 is 15.4 Å². The van der Waals surface area contributed by atoms with Gasteiger partial charge in [0.25, 0.3) is 5.91 Å². The van der Waals surface area contributed by atoms with E-state index >= 15 is 0 Å². The number of aromatic nitrogens is 2. The van der Waals surface area contributed by atoms with Gasteiger partial charge >= 0.3 is 0 Å². The number of nitrogens with one attached hydrogen (secondary N) is 3. The van der Waals surface area contributed by atoms with Gasteiger partial charge in [-0.15, -0.1) is 12.4 Å². The van der Waals surface area contributed by atoms with E-state index in [2.05, 4.69) is 20.8 Å². The highest BCUT2D eigenvalue weighted by atomic mass is 35.5. The molecule has 1 unspecified atom stereocenters. The molecule has 2 aromatic carbocycles. The second kappa shape index (κ2) is 9.31. The summed E-state index contributed by atoms with van der Waals surface area (Å²) in [6.45, 7) is 1.51. The van der Waals surface area contributed by atoms with Crippen LogP contribution in [-0.4, -0.2) is 29.8 Å². The molecule has 1 aliphatic heterocycles. The molecule has 0 saturated carbocycles. The summed E-state index contributed by atoms with van der Waals surface area (Å²) in [6.07, 6.45) is 0.833. The van der Waals surface area contributed by atoms with Gasteiger partial charge in [-0.2, -0.15) is 5.10 Å². The van der Waals surface area contributed by atoms with Crippen LogP contribution in [0.4, 0.5) is 0 Å². The van der Waals surface area contributed by atoms with Crippen molar-refractivity contribution in [3.05, 3.63) is 81.6 Å². The Balaban J connectivity index is 0.00000240. The van der Waals surface area contributed by atoms with Crippen molar-refractivity contribution in [3.8, 4) is 5.75 Å². The van der Waals surface area contributed by atoms with Crippen LogP contribution in [0.5, 0.6) is 5.75 Å². The summed E-state index contributed by atoms with van der Waals surface area (Å²) in [7, 11) is 1.62. The van der Waals surface area contributed by atoms with Crippen molar-refractivity contribution in [1.29, 1.82) is 0 Å². The second-order valence-electron chi connectivity index (χ2n) is 6.66. The molecule has 1 aliphatic rings. The molecule has 0 aliphatic carbocycles. The number of fused-ring (bicyclic) bond motifs is 1. The monoisotopic (exact) mass is 432 g/mol. The first-order chi connectivity index (χ1) is 13.7. The van der Waals surface area contributed by atoms with Gasteiger partial charge in [0.2, 0.25) is 0 Å². The van der Waals surface area contributed by atoms with Gasteiger partial charge in [0, 0.05) is 35.8 Å². The molecule has 0 fully saturated rings. The minimum absolute atomic E-state index is 0.